The third-order valence-corrected chi connectivity index (χ3v) is 6.15. The summed E-state index contributed by atoms with van der Waals surface area (Å²) in [5.74, 6) is 0. The van der Waals surface area contributed by atoms with Crippen LogP contribution in [-0.2, 0) is 4.74 Å². The van der Waals surface area contributed by atoms with Crippen molar-refractivity contribution in [1.82, 2.24) is 0 Å². The van der Waals surface area contributed by atoms with Crippen LogP contribution in [0.15, 0.2) is 17.9 Å². The Kier molecular flexibility index (Phi) is 3.51. The van der Waals surface area contributed by atoms with E-state index < -0.39 is 8.80 Å². The Labute approximate surface area is 83.1 Å². The van der Waals surface area contributed by atoms with Crippen LogP contribution in [0.4, 0.5) is 0 Å². The summed E-state index contributed by atoms with van der Waals surface area (Å²) in [7, 11) is -1.08. The smallest absolute Gasteiger partial charge is 0.100 e. The highest BCUT2D eigenvalue weighted by atomic mass is 28.3. The standard InChI is InChI=1S/C11H19OSi/c1-5-13(4)11(10(2)3)8-6-7-9-12-11/h2,5,13H,1,6-9H2,3-4H3. The van der Waals surface area contributed by atoms with Crippen molar-refractivity contribution in [3.8, 4) is 0 Å². The summed E-state index contributed by atoms with van der Waals surface area (Å²) in [6.07, 6.45) is 3.50. The zero-order valence-corrected chi connectivity index (χ0v) is 9.83. The van der Waals surface area contributed by atoms with Crippen molar-refractivity contribution < 1.29 is 4.74 Å². The van der Waals surface area contributed by atoms with E-state index in [1.54, 1.807) is 0 Å². The van der Waals surface area contributed by atoms with E-state index in [-0.39, 0.29) is 5.22 Å². The van der Waals surface area contributed by atoms with Crippen molar-refractivity contribution in [2.45, 2.75) is 38.0 Å². The maximum Gasteiger partial charge on any atom is 0.100 e. The highest BCUT2D eigenvalue weighted by Gasteiger charge is 2.38. The first-order valence-electron chi connectivity index (χ1n) is 4.99. The molecule has 0 aromatic heterocycles. The molecule has 1 fully saturated rings. The van der Waals surface area contributed by atoms with Gasteiger partial charge in [0, 0.05) is 6.61 Å². The van der Waals surface area contributed by atoms with Crippen molar-refractivity contribution in [2.75, 3.05) is 6.61 Å². The van der Waals surface area contributed by atoms with Crippen molar-refractivity contribution in [3.05, 3.63) is 24.4 Å². The second-order valence-corrected chi connectivity index (χ2v) is 6.88. The molecule has 0 amide bonds. The molecule has 0 spiro atoms. The molecule has 0 saturated carbocycles. The summed E-state index contributed by atoms with van der Waals surface area (Å²) in [4.78, 5) is 0. The van der Waals surface area contributed by atoms with Crippen molar-refractivity contribution in [1.29, 1.82) is 0 Å². The average molecular weight is 195 g/mol. The third kappa shape index (κ3) is 1.94. The van der Waals surface area contributed by atoms with Gasteiger partial charge in [0.05, 0.1) is 5.22 Å². The minimum atomic E-state index is -1.08. The minimum Gasteiger partial charge on any atom is -0.374 e. The van der Waals surface area contributed by atoms with E-state index in [9.17, 15) is 0 Å². The molecule has 1 aliphatic rings. The maximum absolute atomic E-state index is 5.96. The fourth-order valence-electron chi connectivity index (χ4n) is 2.04. The first kappa shape index (κ1) is 10.7. The summed E-state index contributed by atoms with van der Waals surface area (Å²) in [6, 6.07) is 0. The van der Waals surface area contributed by atoms with Gasteiger partial charge in [0.1, 0.15) is 8.80 Å². The lowest BCUT2D eigenvalue weighted by Crippen LogP contribution is -2.48. The fourth-order valence-corrected chi connectivity index (χ4v) is 4.17. The molecule has 0 aromatic carbocycles. The minimum absolute atomic E-state index is 0.0972. The van der Waals surface area contributed by atoms with Crippen LogP contribution >= 0.6 is 0 Å². The molecular weight excluding hydrogens is 176 g/mol. The van der Waals surface area contributed by atoms with Crippen LogP contribution in [0.1, 0.15) is 26.2 Å². The second kappa shape index (κ2) is 4.25. The highest BCUT2D eigenvalue weighted by Crippen LogP contribution is 2.33. The van der Waals surface area contributed by atoms with Gasteiger partial charge < -0.3 is 4.74 Å². The predicted molar refractivity (Wildman–Crippen MR) is 59.2 cm³/mol. The van der Waals surface area contributed by atoms with E-state index in [2.05, 4.69) is 18.8 Å². The third-order valence-electron chi connectivity index (χ3n) is 3.06. The first-order chi connectivity index (χ1) is 6.13. The second-order valence-electron chi connectivity index (χ2n) is 3.90. The Hall–Kier alpha value is -0.343. The molecule has 1 aliphatic heterocycles. The topological polar surface area (TPSA) is 9.23 Å². The molecule has 0 N–H and O–H groups in total. The van der Waals surface area contributed by atoms with Crippen LogP contribution in [0, 0.1) is 6.58 Å². The molecule has 1 radical (unpaired) electrons. The first-order valence-corrected chi connectivity index (χ1v) is 7.39. The summed E-state index contributed by atoms with van der Waals surface area (Å²) in [5, 5.41) is -0.0972. The Morgan fingerprint density at radius 2 is 2.31 bits per heavy atom. The van der Waals surface area contributed by atoms with Gasteiger partial charge in [-0.3, -0.25) is 0 Å². The number of hydrogen-bond donors (Lipinski definition) is 0. The maximum atomic E-state index is 5.96. The highest BCUT2D eigenvalue weighted by molar-refractivity contribution is 6.66. The molecule has 13 heavy (non-hydrogen) atoms. The Bertz CT molecular complexity index is 204. The monoisotopic (exact) mass is 195 g/mol. The van der Waals surface area contributed by atoms with E-state index in [0.717, 1.165) is 18.6 Å². The summed E-state index contributed by atoms with van der Waals surface area (Å²) < 4.78 is 5.91. The van der Waals surface area contributed by atoms with Crippen LogP contribution in [0.5, 0.6) is 0 Å². The molecule has 1 rings (SSSR count). The summed E-state index contributed by atoms with van der Waals surface area (Å²) in [5.41, 5.74) is 3.02. The lowest BCUT2D eigenvalue weighted by molar-refractivity contribution is 0.00318. The number of hydrogen-bond acceptors (Lipinski definition) is 1. The summed E-state index contributed by atoms with van der Waals surface area (Å²) >= 11 is 0. The average Bonchev–Trinajstić information content (AvgIpc) is 2.17. The molecule has 0 aromatic rings. The van der Waals surface area contributed by atoms with Crippen molar-refractivity contribution in [2.24, 2.45) is 0 Å². The molecule has 1 heterocycles. The summed E-state index contributed by atoms with van der Waals surface area (Å²) in [6.45, 7) is 14.9. The van der Waals surface area contributed by atoms with E-state index in [1.807, 2.05) is 6.92 Å². The lowest BCUT2D eigenvalue weighted by Gasteiger charge is -2.41. The van der Waals surface area contributed by atoms with Crippen molar-refractivity contribution in [3.63, 3.8) is 0 Å². The molecule has 2 atom stereocenters. The molecule has 2 heteroatoms. The van der Waals surface area contributed by atoms with Crippen molar-refractivity contribution >= 4 is 8.80 Å². The fraction of sp³-hybridized carbons (Fsp3) is 0.636. The van der Waals surface area contributed by atoms with Gasteiger partial charge in [0.15, 0.2) is 0 Å². The molecular formula is C11H19OSi. The normalized spacial score (nSPS) is 30.9. The van der Waals surface area contributed by atoms with Crippen LogP contribution in [-0.4, -0.2) is 20.6 Å². The van der Waals surface area contributed by atoms with E-state index >= 15 is 0 Å². The van der Waals surface area contributed by atoms with E-state index in [1.165, 1.54) is 12.8 Å². The Morgan fingerprint density at radius 1 is 1.62 bits per heavy atom. The lowest BCUT2D eigenvalue weighted by atomic mass is 10.0. The van der Waals surface area contributed by atoms with Crippen LogP contribution < -0.4 is 0 Å². The van der Waals surface area contributed by atoms with E-state index in [4.69, 9.17) is 11.3 Å². The van der Waals surface area contributed by atoms with Crippen LogP contribution in [0.25, 0.3) is 0 Å². The molecule has 0 bridgehead atoms. The molecule has 1 saturated heterocycles. The molecule has 1 nitrogen and oxygen atoms in total. The number of ether oxygens (including phenoxy) is 1. The molecule has 0 aliphatic carbocycles. The molecule has 2 unspecified atom stereocenters. The SMILES string of the molecule is [CH]=C(C)C1([SiH](C)C=C)CCCCO1. The molecule has 73 valence electrons. The van der Waals surface area contributed by atoms with Gasteiger partial charge in [0.2, 0.25) is 0 Å². The van der Waals surface area contributed by atoms with Gasteiger partial charge in [0.25, 0.3) is 0 Å². The zero-order chi connectivity index (χ0) is 9.90. The van der Waals surface area contributed by atoms with Gasteiger partial charge in [-0.15, -0.1) is 12.3 Å². The quantitative estimate of drug-likeness (QED) is 0.629. The van der Waals surface area contributed by atoms with E-state index in [0.29, 0.717) is 0 Å². The van der Waals surface area contributed by atoms with Gasteiger partial charge in [-0.2, -0.15) is 0 Å². The van der Waals surface area contributed by atoms with Crippen LogP contribution in [0.2, 0.25) is 6.55 Å². The van der Waals surface area contributed by atoms with Gasteiger partial charge >= 0.3 is 0 Å². The predicted octanol–water partition coefficient (Wildman–Crippen LogP) is 2.43. The number of rotatable bonds is 3. The zero-order valence-electron chi connectivity index (χ0n) is 8.68. The Morgan fingerprint density at radius 3 is 2.69 bits per heavy atom. The van der Waals surface area contributed by atoms with Gasteiger partial charge in [-0.25, -0.2) is 0 Å². The van der Waals surface area contributed by atoms with Gasteiger partial charge in [-0.1, -0.05) is 13.1 Å². The van der Waals surface area contributed by atoms with Gasteiger partial charge in [-0.05, 0) is 31.8 Å². The van der Waals surface area contributed by atoms with Crippen LogP contribution in [0.3, 0.4) is 0 Å². The Balaban J connectivity index is 2.84. The largest absolute Gasteiger partial charge is 0.374 e.